The van der Waals surface area contributed by atoms with Crippen LogP contribution in [-0.2, 0) is 6.54 Å². The largest absolute Gasteiger partial charge is 0.348 e. The van der Waals surface area contributed by atoms with Crippen LogP contribution in [0.4, 0.5) is 13.2 Å². The Labute approximate surface area is 181 Å². The smallest absolute Gasteiger partial charge is 0.254 e. The highest BCUT2D eigenvalue weighted by Crippen LogP contribution is 2.29. The lowest BCUT2D eigenvalue weighted by Crippen LogP contribution is -2.24. The molecule has 3 aromatic carbocycles. The van der Waals surface area contributed by atoms with E-state index < -0.39 is 28.9 Å². The summed E-state index contributed by atoms with van der Waals surface area (Å²) in [4.78, 5) is 16.8. The van der Waals surface area contributed by atoms with Crippen molar-refractivity contribution in [2.45, 2.75) is 13.5 Å². The van der Waals surface area contributed by atoms with E-state index >= 15 is 0 Å². The van der Waals surface area contributed by atoms with Gasteiger partial charge in [-0.15, -0.1) is 11.3 Å². The quantitative estimate of drug-likeness (QED) is 0.381. The van der Waals surface area contributed by atoms with E-state index in [0.717, 1.165) is 39.5 Å². The molecule has 1 heterocycles. The summed E-state index contributed by atoms with van der Waals surface area (Å²) in [5.41, 5.74) is 4.32. The van der Waals surface area contributed by atoms with Gasteiger partial charge in [-0.3, -0.25) is 4.79 Å². The summed E-state index contributed by atoms with van der Waals surface area (Å²) in [7, 11) is 0. The van der Waals surface area contributed by atoms with Gasteiger partial charge in [-0.25, -0.2) is 18.2 Å². The van der Waals surface area contributed by atoms with Crippen molar-refractivity contribution in [2.24, 2.45) is 0 Å². The Morgan fingerprint density at radius 1 is 0.903 bits per heavy atom. The van der Waals surface area contributed by atoms with Crippen molar-refractivity contribution in [1.29, 1.82) is 0 Å². The number of halogens is 3. The van der Waals surface area contributed by atoms with Crippen LogP contribution in [0.1, 0.15) is 21.5 Å². The zero-order valence-corrected chi connectivity index (χ0v) is 17.3. The number of nitrogens with zero attached hydrogens (tertiary/aromatic N) is 1. The van der Waals surface area contributed by atoms with Gasteiger partial charge in [-0.05, 0) is 24.6 Å². The second-order valence-electron chi connectivity index (χ2n) is 7.01. The van der Waals surface area contributed by atoms with Gasteiger partial charge in [0.1, 0.15) is 5.01 Å². The van der Waals surface area contributed by atoms with Crippen molar-refractivity contribution in [2.75, 3.05) is 0 Å². The number of carbonyl (C=O) groups excluding carboxylic acids is 1. The number of thiazole rings is 1. The molecule has 0 atom stereocenters. The minimum absolute atomic E-state index is 0.115. The van der Waals surface area contributed by atoms with Crippen LogP contribution in [-0.4, -0.2) is 10.9 Å². The van der Waals surface area contributed by atoms with Crippen molar-refractivity contribution in [3.63, 3.8) is 0 Å². The maximum Gasteiger partial charge on any atom is 0.254 e. The first kappa shape index (κ1) is 20.8. The summed E-state index contributed by atoms with van der Waals surface area (Å²) in [5.74, 6) is -5.31. The van der Waals surface area contributed by atoms with E-state index in [-0.39, 0.29) is 6.54 Å². The SMILES string of the molecule is Cc1ccc(-c2csc(-c3ccc(CNC(=O)c4ccc(F)c(F)c4F)cc3)n2)cc1. The number of rotatable bonds is 5. The molecule has 1 amide bonds. The fourth-order valence-corrected chi connectivity index (χ4v) is 3.84. The normalized spacial score (nSPS) is 10.8. The van der Waals surface area contributed by atoms with Crippen molar-refractivity contribution in [1.82, 2.24) is 10.3 Å². The van der Waals surface area contributed by atoms with Crippen molar-refractivity contribution in [3.05, 3.63) is 100 Å². The van der Waals surface area contributed by atoms with Crippen LogP contribution in [0.25, 0.3) is 21.8 Å². The van der Waals surface area contributed by atoms with Gasteiger partial charge in [0.05, 0.1) is 11.3 Å². The van der Waals surface area contributed by atoms with Crippen molar-refractivity contribution < 1.29 is 18.0 Å². The first-order chi connectivity index (χ1) is 14.9. The second kappa shape index (κ2) is 8.73. The highest BCUT2D eigenvalue weighted by Gasteiger charge is 2.18. The minimum Gasteiger partial charge on any atom is -0.348 e. The first-order valence-electron chi connectivity index (χ1n) is 9.46. The maximum atomic E-state index is 13.7. The Bertz CT molecular complexity index is 1230. The van der Waals surface area contributed by atoms with Crippen LogP contribution in [0.5, 0.6) is 0 Å². The molecule has 0 bridgehead atoms. The molecule has 0 aliphatic carbocycles. The van der Waals surface area contributed by atoms with Gasteiger partial charge in [0.25, 0.3) is 5.91 Å². The lowest BCUT2D eigenvalue weighted by molar-refractivity contribution is 0.0945. The van der Waals surface area contributed by atoms with Gasteiger partial charge in [0, 0.05) is 23.1 Å². The average molecular weight is 438 g/mol. The molecule has 0 saturated heterocycles. The summed E-state index contributed by atoms with van der Waals surface area (Å²) in [6.07, 6.45) is 0. The number of nitrogens with one attached hydrogen (secondary N) is 1. The van der Waals surface area contributed by atoms with Crippen molar-refractivity contribution >= 4 is 17.2 Å². The van der Waals surface area contributed by atoms with E-state index in [1.807, 2.05) is 60.8 Å². The standard InChI is InChI=1S/C24H17F3N2OS/c1-14-2-6-16(7-3-14)20-13-31-24(29-20)17-8-4-15(5-9-17)12-28-23(30)18-10-11-19(25)22(27)21(18)26/h2-11,13H,12H2,1H3,(H,28,30). The molecular weight excluding hydrogens is 421 g/mol. The van der Waals surface area contributed by atoms with E-state index in [0.29, 0.717) is 0 Å². The summed E-state index contributed by atoms with van der Waals surface area (Å²) in [6.45, 7) is 2.15. The van der Waals surface area contributed by atoms with E-state index in [4.69, 9.17) is 0 Å². The highest BCUT2D eigenvalue weighted by atomic mass is 32.1. The molecule has 1 N–H and O–H groups in total. The predicted octanol–water partition coefficient (Wildman–Crippen LogP) is 6.13. The number of benzene rings is 3. The Hall–Kier alpha value is -3.45. The Kier molecular flexibility index (Phi) is 5.86. The topological polar surface area (TPSA) is 42.0 Å². The van der Waals surface area contributed by atoms with Crippen LogP contribution in [0.2, 0.25) is 0 Å². The molecular formula is C24H17F3N2OS. The van der Waals surface area contributed by atoms with E-state index in [1.54, 1.807) is 0 Å². The second-order valence-corrected chi connectivity index (χ2v) is 7.86. The van der Waals surface area contributed by atoms with Crippen LogP contribution in [0, 0.1) is 24.4 Å². The van der Waals surface area contributed by atoms with Gasteiger partial charge < -0.3 is 5.32 Å². The fraction of sp³-hybridized carbons (Fsp3) is 0.0833. The molecule has 0 aliphatic rings. The molecule has 0 unspecified atom stereocenters. The molecule has 7 heteroatoms. The summed E-state index contributed by atoms with van der Waals surface area (Å²) in [5, 5.41) is 5.39. The first-order valence-corrected chi connectivity index (χ1v) is 10.3. The molecule has 0 aliphatic heterocycles. The Balaban J connectivity index is 1.43. The number of hydrogen-bond donors (Lipinski definition) is 1. The molecule has 0 fully saturated rings. The molecule has 1 aromatic heterocycles. The van der Waals surface area contributed by atoms with E-state index in [1.165, 1.54) is 16.9 Å². The lowest BCUT2D eigenvalue weighted by Gasteiger charge is -2.07. The third-order valence-electron chi connectivity index (χ3n) is 4.79. The Morgan fingerprint density at radius 3 is 2.29 bits per heavy atom. The van der Waals surface area contributed by atoms with Gasteiger partial charge in [0.2, 0.25) is 0 Å². The Morgan fingerprint density at radius 2 is 1.58 bits per heavy atom. The van der Waals surface area contributed by atoms with Crippen LogP contribution in [0.3, 0.4) is 0 Å². The molecule has 0 spiro atoms. The molecule has 0 saturated carbocycles. The molecule has 0 radical (unpaired) electrons. The number of carbonyl (C=O) groups is 1. The summed E-state index contributed by atoms with van der Waals surface area (Å²) >= 11 is 1.54. The number of amides is 1. The molecule has 31 heavy (non-hydrogen) atoms. The van der Waals surface area contributed by atoms with Gasteiger partial charge in [-0.2, -0.15) is 0 Å². The van der Waals surface area contributed by atoms with Gasteiger partial charge >= 0.3 is 0 Å². The number of aromatic nitrogens is 1. The minimum atomic E-state index is -1.66. The summed E-state index contributed by atoms with van der Waals surface area (Å²) < 4.78 is 40.1. The zero-order chi connectivity index (χ0) is 22.0. The number of hydrogen-bond acceptors (Lipinski definition) is 3. The van der Waals surface area contributed by atoms with Crippen LogP contribution < -0.4 is 5.32 Å². The van der Waals surface area contributed by atoms with Gasteiger partial charge in [-0.1, -0.05) is 54.1 Å². The van der Waals surface area contributed by atoms with Crippen LogP contribution >= 0.6 is 11.3 Å². The molecule has 156 valence electrons. The lowest BCUT2D eigenvalue weighted by atomic mass is 10.1. The van der Waals surface area contributed by atoms with E-state index in [9.17, 15) is 18.0 Å². The third-order valence-corrected chi connectivity index (χ3v) is 5.68. The van der Waals surface area contributed by atoms with E-state index in [2.05, 4.69) is 10.3 Å². The zero-order valence-electron chi connectivity index (χ0n) is 16.5. The van der Waals surface area contributed by atoms with Crippen molar-refractivity contribution in [3.8, 4) is 21.8 Å². The molecule has 4 aromatic rings. The monoisotopic (exact) mass is 438 g/mol. The molecule has 3 nitrogen and oxygen atoms in total. The van der Waals surface area contributed by atoms with Gasteiger partial charge in [0.15, 0.2) is 17.5 Å². The average Bonchev–Trinajstić information content (AvgIpc) is 3.27. The highest BCUT2D eigenvalue weighted by molar-refractivity contribution is 7.13. The third kappa shape index (κ3) is 4.51. The maximum absolute atomic E-state index is 13.7. The predicted molar refractivity (Wildman–Crippen MR) is 115 cm³/mol. The van der Waals surface area contributed by atoms with Crippen LogP contribution in [0.15, 0.2) is 66.0 Å². The molecule has 4 rings (SSSR count). The fourth-order valence-electron chi connectivity index (χ4n) is 3.01. The number of aryl methyl sites for hydroxylation is 1. The summed E-state index contributed by atoms with van der Waals surface area (Å²) in [6, 6.07) is 17.2.